The number of esters is 1. The van der Waals surface area contributed by atoms with Crippen molar-refractivity contribution in [2.75, 3.05) is 6.61 Å². The Morgan fingerprint density at radius 1 is 1.35 bits per heavy atom. The van der Waals surface area contributed by atoms with Gasteiger partial charge in [0.1, 0.15) is 0 Å². The number of aromatic nitrogens is 2. The minimum absolute atomic E-state index is 0.0174. The summed E-state index contributed by atoms with van der Waals surface area (Å²) in [7, 11) is 0. The van der Waals surface area contributed by atoms with Crippen LogP contribution in [0, 0.1) is 0 Å². The number of pyridine rings is 1. The van der Waals surface area contributed by atoms with Crippen molar-refractivity contribution in [2.24, 2.45) is 0 Å². The van der Waals surface area contributed by atoms with Crippen molar-refractivity contribution in [3.63, 3.8) is 0 Å². The molecule has 0 fully saturated rings. The summed E-state index contributed by atoms with van der Waals surface area (Å²) in [4.78, 5) is 21.5. The van der Waals surface area contributed by atoms with E-state index in [-0.39, 0.29) is 12.4 Å². The van der Waals surface area contributed by atoms with Crippen LogP contribution in [0.15, 0.2) is 45.6 Å². The first-order valence-corrected chi connectivity index (χ1v) is 9.08. The van der Waals surface area contributed by atoms with Crippen LogP contribution in [0.2, 0.25) is 4.34 Å². The highest BCUT2D eigenvalue weighted by molar-refractivity contribution is 7.19. The molecule has 0 unspecified atom stereocenters. The van der Waals surface area contributed by atoms with Crippen LogP contribution in [0.4, 0.5) is 0 Å². The summed E-state index contributed by atoms with van der Waals surface area (Å²) < 4.78 is 16.9. The Kier molecular flexibility index (Phi) is 4.48. The number of halogens is 1. The number of carbonyl (C=O) groups excluding carboxylic acids is 1. The monoisotopic (exact) mass is 388 g/mol. The Hall–Kier alpha value is -2.64. The average molecular weight is 389 g/mol. The van der Waals surface area contributed by atoms with E-state index in [4.69, 9.17) is 25.2 Å². The Bertz CT molecular complexity index is 1080. The lowest BCUT2D eigenvalue weighted by atomic mass is 10.2. The zero-order chi connectivity index (χ0) is 18.1. The maximum atomic E-state index is 11.9. The van der Waals surface area contributed by atoms with Crippen molar-refractivity contribution >= 4 is 40.0 Å². The van der Waals surface area contributed by atoms with Crippen LogP contribution in [0.3, 0.4) is 0 Å². The van der Waals surface area contributed by atoms with E-state index in [9.17, 15) is 4.79 Å². The first-order valence-electron chi connectivity index (χ1n) is 7.88. The van der Waals surface area contributed by atoms with Gasteiger partial charge in [0.25, 0.3) is 0 Å². The molecular formula is C18H13ClN2O4S. The van der Waals surface area contributed by atoms with E-state index in [1.165, 1.54) is 11.3 Å². The molecule has 4 heterocycles. The third-order valence-corrected chi connectivity index (χ3v) is 4.89. The number of fused-ring (bicyclic) bond motifs is 1. The van der Waals surface area contributed by atoms with Gasteiger partial charge in [0.15, 0.2) is 5.76 Å². The van der Waals surface area contributed by atoms with Crippen LogP contribution in [0.25, 0.3) is 33.2 Å². The second kappa shape index (κ2) is 6.93. The van der Waals surface area contributed by atoms with Crippen LogP contribution in [0.1, 0.15) is 12.6 Å². The van der Waals surface area contributed by atoms with Gasteiger partial charge in [-0.1, -0.05) is 11.6 Å². The molecule has 0 spiro atoms. The molecule has 4 aromatic rings. The minimum Gasteiger partial charge on any atom is -0.466 e. The van der Waals surface area contributed by atoms with E-state index in [1.54, 1.807) is 25.5 Å². The number of thiophene rings is 1. The van der Waals surface area contributed by atoms with Gasteiger partial charge in [-0.3, -0.25) is 4.79 Å². The SMILES string of the molecule is CCOC(=O)Cc1nc(-c2cnc3occc3c2)oc1-c1ccc(Cl)s1. The second-order valence-corrected chi connectivity index (χ2v) is 7.13. The number of furan rings is 1. The molecule has 0 N–H and O–H groups in total. The second-order valence-electron chi connectivity index (χ2n) is 5.42. The topological polar surface area (TPSA) is 78.4 Å². The van der Waals surface area contributed by atoms with Gasteiger partial charge in [-0.15, -0.1) is 11.3 Å². The number of carbonyl (C=O) groups is 1. The Labute approximate surface area is 157 Å². The van der Waals surface area contributed by atoms with Crippen LogP contribution >= 0.6 is 22.9 Å². The molecule has 0 aliphatic rings. The highest BCUT2D eigenvalue weighted by Crippen LogP contribution is 2.36. The highest BCUT2D eigenvalue weighted by Gasteiger charge is 2.21. The molecule has 4 rings (SSSR count). The van der Waals surface area contributed by atoms with Gasteiger partial charge in [0, 0.05) is 11.6 Å². The van der Waals surface area contributed by atoms with Crippen LogP contribution in [-0.2, 0) is 16.0 Å². The molecule has 0 radical (unpaired) electrons. The van der Waals surface area contributed by atoms with Crippen LogP contribution in [0.5, 0.6) is 0 Å². The fourth-order valence-corrected chi connectivity index (χ4v) is 3.60. The van der Waals surface area contributed by atoms with Gasteiger partial charge >= 0.3 is 5.97 Å². The van der Waals surface area contributed by atoms with Crippen molar-refractivity contribution < 1.29 is 18.4 Å². The smallest absolute Gasteiger partial charge is 0.312 e. The third kappa shape index (κ3) is 3.23. The van der Waals surface area contributed by atoms with Gasteiger partial charge in [-0.2, -0.15) is 0 Å². The number of hydrogen-bond acceptors (Lipinski definition) is 7. The largest absolute Gasteiger partial charge is 0.466 e. The molecule has 26 heavy (non-hydrogen) atoms. The maximum absolute atomic E-state index is 11.9. The van der Waals surface area contributed by atoms with Gasteiger partial charge in [-0.25, -0.2) is 9.97 Å². The van der Waals surface area contributed by atoms with E-state index in [2.05, 4.69) is 9.97 Å². The molecule has 6 nitrogen and oxygen atoms in total. The molecule has 0 atom stereocenters. The zero-order valence-electron chi connectivity index (χ0n) is 13.7. The molecule has 4 aromatic heterocycles. The molecule has 0 aromatic carbocycles. The summed E-state index contributed by atoms with van der Waals surface area (Å²) in [6, 6.07) is 7.30. The predicted molar refractivity (Wildman–Crippen MR) is 98.2 cm³/mol. The van der Waals surface area contributed by atoms with Crippen LogP contribution < -0.4 is 0 Å². The fraction of sp³-hybridized carbons (Fsp3) is 0.167. The first kappa shape index (κ1) is 16.8. The normalized spacial score (nSPS) is 11.2. The molecule has 0 aliphatic heterocycles. The summed E-state index contributed by atoms with van der Waals surface area (Å²) in [6.45, 7) is 2.07. The molecule has 132 valence electrons. The standard InChI is InChI=1S/C18H13ClN2O4S/c1-2-23-15(22)8-12-16(13-3-4-14(19)26-13)25-18(21-12)11-7-10-5-6-24-17(10)20-9-11/h3-7,9H,2,8H2,1H3. The van der Waals surface area contributed by atoms with Crippen molar-refractivity contribution in [3.8, 4) is 22.1 Å². The van der Waals surface area contributed by atoms with Gasteiger partial charge in [0.2, 0.25) is 11.6 Å². The average Bonchev–Trinajstić information content (AvgIpc) is 3.33. The van der Waals surface area contributed by atoms with Crippen LogP contribution in [-0.4, -0.2) is 22.5 Å². The minimum atomic E-state index is -0.361. The van der Waals surface area contributed by atoms with Crippen molar-refractivity contribution in [2.45, 2.75) is 13.3 Å². The lowest BCUT2D eigenvalue weighted by Crippen LogP contribution is -2.08. The number of nitrogens with zero attached hydrogens (tertiary/aromatic N) is 2. The molecule has 0 amide bonds. The quantitative estimate of drug-likeness (QED) is 0.449. The lowest BCUT2D eigenvalue weighted by Gasteiger charge is -2.00. The Morgan fingerprint density at radius 2 is 2.23 bits per heavy atom. The number of oxazole rings is 1. The van der Waals surface area contributed by atoms with Gasteiger partial charge in [0.05, 0.1) is 39.8 Å². The van der Waals surface area contributed by atoms with Crippen molar-refractivity contribution in [1.29, 1.82) is 0 Å². The molecular weight excluding hydrogens is 376 g/mol. The first-order chi connectivity index (χ1) is 12.6. The molecule has 0 saturated heterocycles. The third-order valence-electron chi connectivity index (χ3n) is 3.66. The van der Waals surface area contributed by atoms with E-state index in [0.717, 1.165) is 10.3 Å². The van der Waals surface area contributed by atoms with Crippen molar-refractivity contribution in [1.82, 2.24) is 9.97 Å². The lowest BCUT2D eigenvalue weighted by molar-refractivity contribution is -0.142. The molecule has 0 saturated carbocycles. The van der Waals surface area contributed by atoms with E-state index in [0.29, 0.717) is 39.6 Å². The number of hydrogen-bond donors (Lipinski definition) is 0. The highest BCUT2D eigenvalue weighted by atomic mass is 35.5. The Morgan fingerprint density at radius 3 is 3.00 bits per heavy atom. The summed E-state index contributed by atoms with van der Waals surface area (Å²) in [6.07, 6.45) is 3.21. The van der Waals surface area contributed by atoms with E-state index < -0.39 is 0 Å². The van der Waals surface area contributed by atoms with Gasteiger partial charge in [-0.05, 0) is 31.2 Å². The molecule has 8 heteroatoms. The number of rotatable bonds is 5. The van der Waals surface area contributed by atoms with Gasteiger partial charge < -0.3 is 13.6 Å². The number of ether oxygens (including phenoxy) is 1. The van der Waals surface area contributed by atoms with E-state index >= 15 is 0 Å². The van der Waals surface area contributed by atoms with Crippen molar-refractivity contribution in [3.05, 3.63) is 46.8 Å². The summed E-state index contributed by atoms with van der Waals surface area (Å²) in [5.74, 6) is 0.524. The summed E-state index contributed by atoms with van der Waals surface area (Å²) in [5.41, 5.74) is 1.74. The summed E-state index contributed by atoms with van der Waals surface area (Å²) in [5, 5.41) is 0.841. The van der Waals surface area contributed by atoms with E-state index in [1.807, 2.05) is 18.2 Å². The fourth-order valence-electron chi connectivity index (χ4n) is 2.55. The predicted octanol–water partition coefficient (Wildman–Crippen LogP) is 4.97. The zero-order valence-corrected chi connectivity index (χ0v) is 15.3. The Balaban J connectivity index is 1.77. The maximum Gasteiger partial charge on any atom is 0.312 e. The summed E-state index contributed by atoms with van der Waals surface area (Å²) >= 11 is 7.40. The molecule has 0 aliphatic carbocycles. The molecule has 0 bridgehead atoms.